The average molecular weight is 240 g/mol. The predicted molar refractivity (Wildman–Crippen MR) is 58.1 cm³/mol. The van der Waals surface area contributed by atoms with Crippen molar-refractivity contribution < 1.29 is 14.4 Å². The van der Waals surface area contributed by atoms with Gasteiger partial charge in [-0.1, -0.05) is 0 Å². The zero-order chi connectivity index (χ0) is 12.3. The Balaban J connectivity index is 2.28. The topological polar surface area (TPSA) is 99.4 Å². The van der Waals surface area contributed by atoms with E-state index in [4.69, 9.17) is 9.47 Å². The van der Waals surface area contributed by atoms with Gasteiger partial charge in [0, 0.05) is 6.61 Å². The third-order valence-electron chi connectivity index (χ3n) is 2.44. The van der Waals surface area contributed by atoms with Crippen molar-refractivity contribution in [2.45, 2.75) is 12.5 Å². The number of methoxy groups -OCH3 is 1. The summed E-state index contributed by atoms with van der Waals surface area (Å²) in [6, 6.07) is 0.0355. The van der Waals surface area contributed by atoms with Crippen LogP contribution in [0.15, 0.2) is 6.33 Å². The van der Waals surface area contributed by atoms with E-state index >= 15 is 0 Å². The first kappa shape index (κ1) is 11.5. The molecule has 1 unspecified atom stereocenters. The van der Waals surface area contributed by atoms with Gasteiger partial charge in [-0.15, -0.1) is 0 Å². The molecule has 0 amide bonds. The van der Waals surface area contributed by atoms with Crippen molar-refractivity contribution in [1.82, 2.24) is 9.97 Å². The number of nitro groups is 1. The number of anilines is 1. The van der Waals surface area contributed by atoms with Crippen molar-refractivity contribution >= 4 is 11.5 Å². The third-order valence-corrected chi connectivity index (χ3v) is 2.44. The molecule has 1 aromatic heterocycles. The third kappa shape index (κ3) is 2.41. The van der Waals surface area contributed by atoms with Crippen LogP contribution < -0.4 is 10.1 Å². The van der Waals surface area contributed by atoms with Crippen LogP contribution in [0, 0.1) is 10.1 Å². The van der Waals surface area contributed by atoms with Crippen LogP contribution in [0.2, 0.25) is 0 Å². The Morgan fingerprint density at radius 1 is 1.65 bits per heavy atom. The molecule has 17 heavy (non-hydrogen) atoms. The highest BCUT2D eigenvalue weighted by atomic mass is 16.6. The summed E-state index contributed by atoms with van der Waals surface area (Å²) >= 11 is 0. The van der Waals surface area contributed by atoms with Crippen LogP contribution in [0.5, 0.6) is 5.88 Å². The summed E-state index contributed by atoms with van der Waals surface area (Å²) in [5.41, 5.74) is -0.248. The van der Waals surface area contributed by atoms with Gasteiger partial charge in [0.1, 0.15) is 6.33 Å². The maximum Gasteiger partial charge on any atom is 0.372 e. The lowest BCUT2D eigenvalue weighted by Crippen LogP contribution is -2.20. The standard InChI is InChI=1S/C9H12N4O4/c1-16-9-7(13(14)15)8(10-5-11-9)12-6-2-3-17-4-6/h5-6H,2-4H2,1H3,(H,10,11,12). The molecular formula is C9H12N4O4. The Bertz CT molecular complexity index is 419. The van der Waals surface area contributed by atoms with E-state index in [1.165, 1.54) is 13.4 Å². The highest BCUT2D eigenvalue weighted by Gasteiger charge is 2.26. The molecule has 1 aromatic rings. The largest absolute Gasteiger partial charge is 0.476 e. The minimum absolute atomic E-state index is 0.0355. The molecule has 0 aromatic carbocycles. The van der Waals surface area contributed by atoms with Crippen molar-refractivity contribution in [3.05, 3.63) is 16.4 Å². The average Bonchev–Trinajstić information content (AvgIpc) is 2.81. The molecule has 8 heteroatoms. The number of rotatable bonds is 4. The lowest BCUT2D eigenvalue weighted by Gasteiger charge is -2.11. The van der Waals surface area contributed by atoms with Crippen molar-refractivity contribution in [3.63, 3.8) is 0 Å². The monoisotopic (exact) mass is 240 g/mol. The molecule has 2 heterocycles. The Morgan fingerprint density at radius 3 is 3.06 bits per heavy atom. The molecule has 1 fully saturated rings. The molecule has 1 N–H and O–H groups in total. The Labute approximate surface area is 97.1 Å². The van der Waals surface area contributed by atoms with Crippen LogP contribution in [0.4, 0.5) is 11.5 Å². The second kappa shape index (κ2) is 4.91. The zero-order valence-corrected chi connectivity index (χ0v) is 9.25. The molecule has 0 aliphatic carbocycles. The van der Waals surface area contributed by atoms with Crippen molar-refractivity contribution in [1.29, 1.82) is 0 Å². The van der Waals surface area contributed by atoms with Gasteiger partial charge in [-0.25, -0.2) is 4.98 Å². The molecule has 1 aliphatic heterocycles. The van der Waals surface area contributed by atoms with Gasteiger partial charge in [0.05, 0.1) is 24.7 Å². The SMILES string of the molecule is COc1ncnc(NC2CCOC2)c1[N+](=O)[O-]. The summed E-state index contributed by atoms with van der Waals surface area (Å²) in [7, 11) is 1.33. The molecule has 0 radical (unpaired) electrons. The van der Waals surface area contributed by atoms with E-state index in [-0.39, 0.29) is 23.4 Å². The summed E-state index contributed by atoms with van der Waals surface area (Å²) in [6.45, 7) is 1.16. The van der Waals surface area contributed by atoms with E-state index in [1.54, 1.807) is 0 Å². The first-order chi connectivity index (χ1) is 8.22. The number of nitrogens with one attached hydrogen (secondary N) is 1. The lowest BCUT2D eigenvalue weighted by atomic mass is 10.2. The highest BCUT2D eigenvalue weighted by molar-refractivity contribution is 5.61. The molecular weight excluding hydrogens is 228 g/mol. The van der Waals surface area contributed by atoms with Gasteiger partial charge in [0.15, 0.2) is 0 Å². The highest BCUT2D eigenvalue weighted by Crippen LogP contribution is 2.31. The quantitative estimate of drug-likeness (QED) is 0.607. The molecule has 0 saturated carbocycles. The molecule has 0 spiro atoms. The summed E-state index contributed by atoms with van der Waals surface area (Å²) in [4.78, 5) is 18.0. The van der Waals surface area contributed by atoms with Crippen LogP contribution in [-0.2, 0) is 4.74 Å². The number of nitrogens with zero attached hydrogens (tertiary/aromatic N) is 3. The van der Waals surface area contributed by atoms with E-state index in [0.717, 1.165) is 6.42 Å². The second-order valence-corrected chi connectivity index (χ2v) is 3.54. The summed E-state index contributed by atoms with van der Waals surface area (Å²) in [5, 5.41) is 13.9. The summed E-state index contributed by atoms with van der Waals surface area (Å²) < 4.78 is 10.0. The first-order valence-electron chi connectivity index (χ1n) is 5.10. The second-order valence-electron chi connectivity index (χ2n) is 3.54. The molecule has 2 rings (SSSR count). The van der Waals surface area contributed by atoms with Gasteiger partial charge in [0.25, 0.3) is 5.88 Å². The lowest BCUT2D eigenvalue weighted by molar-refractivity contribution is -0.385. The molecule has 1 saturated heterocycles. The van der Waals surface area contributed by atoms with Crippen LogP contribution >= 0.6 is 0 Å². The van der Waals surface area contributed by atoms with E-state index < -0.39 is 4.92 Å². The van der Waals surface area contributed by atoms with Crippen molar-refractivity contribution in [2.75, 3.05) is 25.6 Å². The van der Waals surface area contributed by atoms with Gasteiger partial charge >= 0.3 is 5.69 Å². The predicted octanol–water partition coefficient (Wildman–Crippen LogP) is 0.594. The summed E-state index contributed by atoms with van der Waals surface area (Å²) in [5.74, 6) is 0.115. The van der Waals surface area contributed by atoms with Gasteiger partial charge in [-0.3, -0.25) is 10.1 Å². The minimum atomic E-state index is -0.559. The maximum absolute atomic E-state index is 10.9. The van der Waals surface area contributed by atoms with E-state index in [9.17, 15) is 10.1 Å². The molecule has 92 valence electrons. The Morgan fingerprint density at radius 2 is 2.47 bits per heavy atom. The van der Waals surface area contributed by atoms with Gasteiger partial charge in [-0.05, 0) is 6.42 Å². The minimum Gasteiger partial charge on any atom is -0.476 e. The number of hydrogen-bond acceptors (Lipinski definition) is 7. The zero-order valence-electron chi connectivity index (χ0n) is 9.25. The fourth-order valence-corrected chi connectivity index (χ4v) is 1.62. The van der Waals surface area contributed by atoms with Gasteiger partial charge < -0.3 is 14.8 Å². The van der Waals surface area contributed by atoms with E-state index in [1.807, 2.05) is 0 Å². The fraction of sp³-hybridized carbons (Fsp3) is 0.556. The molecule has 0 bridgehead atoms. The van der Waals surface area contributed by atoms with E-state index in [0.29, 0.717) is 13.2 Å². The number of aromatic nitrogens is 2. The maximum atomic E-state index is 10.9. The smallest absolute Gasteiger partial charge is 0.372 e. The van der Waals surface area contributed by atoms with Crippen molar-refractivity contribution in [3.8, 4) is 5.88 Å². The van der Waals surface area contributed by atoms with Crippen LogP contribution in [0.25, 0.3) is 0 Å². The van der Waals surface area contributed by atoms with Crippen LogP contribution in [0.3, 0.4) is 0 Å². The molecule has 1 aliphatic rings. The Kier molecular flexibility index (Phi) is 3.33. The van der Waals surface area contributed by atoms with Crippen LogP contribution in [-0.4, -0.2) is 41.3 Å². The molecule has 8 nitrogen and oxygen atoms in total. The molecule has 1 atom stereocenters. The van der Waals surface area contributed by atoms with Gasteiger partial charge in [0.2, 0.25) is 5.82 Å². The van der Waals surface area contributed by atoms with Gasteiger partial charge in [-0.2, -0.15) is 4.98 Å². The fourth-order valence-electron chi connectivity index (χ4n) is 1.62. The normalized spacial score (nSPS) is 19.0. The summed E-state index contributed by atoms with van der Waals surface area (Å²) in [6.07, 6.45) is 2.02. The number of hydrogen-bond donors (Lipinski definition) is 1. The number of ether oxygens (including phenoxy) is 2. The van der Waals surface area contributed by atoms with E-state index in [2.05, 4.69) is 15.3 Å². The Hall–Kier alpha value is -1.96. The van der Waals surface area contributed by atoms with Crippen molar-refractivity contribution in [2.24, 2.45) is 0 Å². The first-order valence-corrected chi connectivity index (χ1v) is 5.10. The van der Waals surface area contributed by atoms with Crippen LogP contribution in [0.1, 0.15) is 6.42 Å².